The van der Waals surface area contributed by atoms with E-state index >= 15 is 0 Å². The summed E-state index contributed by atoms with van der Waals surface area (Å²) < 4.78 is 5.76. The Balaban J connectivity index is 2.33. The molecule has 8 nitrogen and oxygen atoms in total. The zero-order chi connectivity index (χ0) is 26.0. The third kappa shape index (κ3) is 9.17. The molecule has 1 heterocycles. The molecule has 3 amide bonds. The third-order valence-electron chi connectivity index (χ3n) is 6.32. The van der Waals surface area contributed by atoms with Crippen LogP contribution in [-0.2, 0) is 30.3 Å². The van der Waals surface area contributed by atoms with Crippen LogP contribution in [0.1, 0.15) is 71.8 Å². The molecule has 2 rings (SSSR count). The van der Waals surface area contributed by atoms with Crippen LogP contribution in [0.25, 0.3) is 0 Å². The Kier molecular flexibility index (Phi) is 11.5. The van der Waals surface area contributed by atoms with Gasteiger partial charge >= 0.3 is 5.97 Å². The van der Waals surface area contributed by atoms with Crippen LogP contribution in [0.5, 0.6) is 0 Å². The van der Waals surface area contributed by atoms with Gasteiger partial charge in [0.05, 0.1) is 6.42 Å². The summed E-state index contributed by atoms with van der Waals surface area (Å²) >= 11 is 6.09. The highest BCUT2D eigenvalue weighted by Gasteiger charge is 2.33. The molecule has 0 saturated carbocycles. The topological polar surface area (TPSA) is 114 Å². The van der Waals surface area contributed by atoms with Gasteiger partial charge in [-0.2, -0.15) is 0 Å². The van der Waals surface area contributed by atoms with E-state index in [4.69, 9.17) is 16.3 Å². The number of benzene rings is 1. The van der Waals surface area contributed by atoms with Crippen LogP contribution >= 0.6 is 11.6 Å². The molecule has 1 aliphatic rings. The molecule has 1 aromatic carbocycles. The van der Waals surface area contributed by atoms with Gasteiger partial charge in [0, 0.05) is 11.4 Å². The van der Waals surface area contributed by atoms with Gasteiger partial charge in [0.15, 0.2) is 0 Å². The largest absolute Gasteiger partial charge is 0.460 e. The van der Waals surface area contributed by atoms with E-state index in [2.05, 4.69) is 22.9 Å². The smallest absolute Gasteiger partial charge is 0.329 e. The van der Waals surface area contributed by atoms with E-state index in [0.717, 1.165) is 24.8 Å². The summed E-state index contributed by atoms with van der Waals surface area (Å²) in [6.45, 7) is 7.38. The Morgan fingerprint density at radius 3 is 2.46 bits per heavy atom. The molecular formula is C26H38ClN3O5. The van der Waals surface area contributed by atoms with Crippen LogP contribution < -0.4 is 16.0 Å². The molecule has 5 unspecified atom stereocenters. The Labute approximate surface area is 212 Å². The Morgan fingerprint density at radius 1 is 1.06 bits per heavy atom. The molecule has 0 aliphatic carbocycles. The minimum absolute atomic E-state index is 0.0640. The maximum absolute atomic E-state index is 13.1. The van der Waals surface area contributed by atoms with E-state index in [9.17, 15) is 19.2 Å². The molecule has 5 atom stereocenters. The molecule has 1 saturated heterocycles. The number of carbonyl (C=O) groups is 4. The Hall–Kier alpha value is -2.61. The maximum Gasteiger partial charge on any atom is 0.329 e. The lowest BCUT2D eigenvalue weighted by atomic mass is 9.98. The molecule has 9 heteroatoms. The van der Waals surface area contributed by atoms with Gasteiger partial charge in [-0.1, -0.05) is 63.8 Å². The lowest BCUT2D eigenvalue weighted by molar-refractivity contribution is -0.156. The van der Waals surface area contributed by atoms with Crippen molar-refractivity contribution in [3.8, 4) is 0 Å². The molecule has 35 heavy (non-hydrogen) atoms. The predicted molar refractivity (Wildman–Crippen MR) is 135 cm³/mol. The van der Waals surface area contributed by atoms with Crippen molar-refractivity contribution in [2.24, 2.45) is 5.92 Å². The van der Waals surface area contributed by atoms with Crippen molar-refractivity contribution in [2.75, 3.05) is 0 Å². The van der Waals surface area contributed by atoms with E-state index < -0.39 is 47.9 Å². The summed E-state index contributed by atoms with van der Waals surface area (Å²) in [6, 6.07) is 4.33. The predicted octanol–water partition coefficient (Wildman–Crippen LogP) is 3.30. The molecular weight excluding hydrogens is 470 g/mol. The first-order chi connectivity index (χ1) is 16.6. The molecule has 1 aromatic rings. The summed E-state index contributed by atoms with van der Waals surface area (Å²) in [5, 5.41) is 8.70. The van der Waals surface area contributed by atoms with Crippen LogP contribution in [0.15, 0.2) is 24.3 Å². The van der Waals surface area contributed by atoms with Crippen molar-refractivity contribution in [3.05, 3.63) is 34.9 Å². The number of carbonyl (C=O) groups excluding carboxylic acids is 4. The summed E-state index contributed by atoms with van der Waals surface area (Å²) in [5.41, 5.74) is 0.766. The fourth-order valence-corrected chi connectivity index (χ4v) is 4.17. The van der Waals surface area contributed by atoms with E-state index in [-0.39, 0.29) is 18.8 Å². The summed E-state index contributed by atoms with van der Waals surface area (Å²) in [7, 11) is 0. The van der Waals surface area contributed by atoms with E-state index in [1.54, 1.807) is 18.2 Å². The van der Waals surface area contributed by atoms with Crippen molar-refractivity contribution in [2.45, 2.75) is 96.9 Å². The number of hydrogen-bond donors (Lipinski definition) is 3. The standard InChI is InChI=1S/C26H38ClN3O5/c1-5-7-8-12-20-15-22(31)29-21(14-18-10-9-11-19(27)13-18)25(33)28-17(4)24(32)30-23(16(3)6-2)26(34)35-20/h9-11,13,16-17,20-21,23H,5-8,12,14-15H2,1-4H3,(H,28,33)(H,29,31)(H,30,32). The lowest BCUT2D eigenvalue weighted by Gasteiger charge is -2.26. The molecule has 0 spiro atoms. The van der Waals surface area contributed by atoms with Gasteiger partial charge in [-0.25, -0.2) is 4.79 Å². The number of nitrogens with one attached hydrogen (secondary N) is 3. The van der Waals surface area contributed by atoms with Crippen molar-refractivity contribution in [1.82, 2.24) is 16.0 Å². The molecule has 1 aliphatic heterocycles. The second kappa shape index (κ2) is 14.1. The highest BCUT2D eigenvalue weighted by molar-refractivity contribution is 6.30. The highest BCUT2D eigenvalue weighted by Crippen LogP contribution is 2.17. The van der Waals surface area contributed by atoms with Crippen LogP contribution in [0.2, 0.25) is 5.02 Å². The second-order valence-electron chi connectivity index (χ2n) is 9.32. The van der Waals surface area contributed by atoms with Crippen molar-refractivity contribution >= 4 is 35.3 Å². The number of esters is 1. The highest BCUT2D eigenvalue weighted by atomic mass is 35.5. The quantitative estimate of drug-likeness (QED) is 0.369. The van der Waals surface area contributed by atoms with Crippen LogP contribution in [0.3, 0.4) is 0 Å². The average molecular weight is 508 g/mol. The molecule has 194 valence electrons. The SMILES string of the molecule is CCCCCC1CC(=O)NC(Cc2cccc(Cl)c2)C(=O)NC(C)C(=O)NC(C(C)CC)C(=O)O1. The van der Waals surface area contributed by atoms with Crippen molar-refractivity contribution < 1.29 is 23.9 Å². The second-order valence-corrected chi connectivity index (χ2v) is 9.75. The van der Waals surface area contributed by atoms with Gasteiger partial charge in [-0.15, -0.1) is 0 Å². The number of unbranched alkanes of at least 4 members (excludes halogenated alkanes) is 2. The summed E-state index contributed by atoms with van der Waals surface area (Å²) in [5.74, 6) is -2.12. The zero-order valence-corrected chi connectivity index (χ0v) is 21.8. The third-order valence-corrected chi connectivity index (χ3v) is 6.56. The minimum Gasteiger partial charge on any atom is -0.460 e. The van der Waals surface area contributed by atoms with Gasteiger partial charge in [-0.05, 0) is 43.4 Å². The Bertz CT molecular complexity index is 893. The van der Waals surface area contributed by atoms with Gasteiger partial charge in [-0.3, -0.25) is 14.4 Å². The first kappa shape index (κ1) is 28.6. The van der Waals surface area contributed by atoms with Gasteiger partial charge < -0.3 is 20.7 Å². The van der Waals surface area contributed by atoms with Gasteiger partial charge in [0.25, 0.3) is 0 Å². The van der Waals surface area contributed by atoms with E-state index in [1.807, 2.05) is 19.9 Å². The lowest BCUT2D eigenvalue weighted by Crippen LogP contribution is -2.55. The van der Waals surface area contributed by atoms with E-state index in [0.29, 0.717) is 17.9 Å². The van der Waals surface area contributed by atoms with Crippen LogP contribution in [0.4, 0.5) is 0 Å². The normalized spacial score (nSPS) is 25.2. The average Bonchev–Trinajstić information content (AvgIpc) is 2.81. The fourth-order valence-electron chi connectivity index (χ4n) is 3.96. The van der Waals surface area contributed by atoms with Gasteiger partial charge in [0.1, 0.15) is 24.2 Å². The number of rotatable bonds is 8. The van der Waals surface area contributed by atoms with Crippen molar-refractivity contribution in [1.29, 1.82) is 0 Å². The van der Waals surface area contributed by atoms with Crippen molar-refractivity contribution in [3.63, 3.8) is 0 Å². The first-order valence-electron chi connectivity index (χ1n) is 12.5. The number of ether oxygens (including phenoxy) is 1. The zero-order valence-electron chi connectivity index (χ0n) is 21.1. The monoisotopic (exact) mass is 507 g/mol. The summed E-state index contributed by atoms with van der Waals surface area (Å²) in [4.78, 5) is 52.0. The molecule has 0 bridgehead atoms. The minimum atomic E-state index is -0.922. The van der Waals surface area contributed by atoms with Crippen LogP contribution in [-0.4, -0.2) is 47.9 Å². The number of halogens is 1. The first-order valence-corrected chi connectivity index (χ1v) is 12.9. The van der Waals surface area contributed by atoms with Gasteiger partial charge in [0.2, 0.25) is 17.7 Å². The maximum atomic E-state index is 13.1. The molecule has 3 N–H and O–H groups in total. The summed E-state index contributed by atoms with van der Waals surface area (Å²) in [6.07, 6.45) is 3.38. The van der Waals surface area contributed by atoms with E-state index in [1.165, 1.54) is 6.92 Å². The molecule has 1 fully saturated rings. The number of hydrogen-bond acceptors (Lipinski definition) is 5. The number of amides is 3. The number of cyclic esters (lactones) is 1. The van der Waals surface area contributed by atoms with Crippen LogP contribution in [0, 0.1) is 5.92 Å². The Morgan fingerprint density at radius 2 is 1.80 bits per heavy atom. The molecule has 0 radical (unpaired) electrons. The fraction of sp³-hybridized carbons (Fsp3) is 0.615. The molecule has 0 aromatic heterocycles.